The predicted molar refractivity (Wildman–Crippen MR) is 97.1 cm³/mol. The second kappa shape index (κ2) is 8.68. The Morgan fingerprint density at radius 3 is 2.48 bits per heavy atom. The second-order valence-electron chi connectivity index (χ2n) is 7.67. The molecule has 6 heteroatoms. The zero-order valence-electron chi connectivity index (χ0n) is 16.0. The molecule has 1 heterocycles. The summed E-state index contributed by atoms with van der Waals surface area (Å²) >= 11 is 0. The smallest absolute Gasteiger partial charge is 0.325 e. The SMILES string of the molecule is CCCCCN(C(=O)CCN1C(=O)NC2(CCCCC2)C1=O)C(C)C. The average Bonchev–Trinajstić information content (AvgIpc) is 2.80. The van der Waals surface area contributed by atoms with Gasteiger partial charge in [-0.05, 0) is 33.1 Å². The number of hydrogen-bond acceptors (Lipinski definition) is 3. The lowest BCUT2D eigenvalue weighted by Gasteiger charge is -2.30. The van der Waals surface area contributed by atoms with Crippen molar-refractivity contribution >= 4 is 17.8 Å². The Labute approximate surface area is 151 Å². The van der Waals surface area contributed by atoms with Gasteiger partial charge in [0.1, 0.15) is 5.54 Å². The minimum atomic E-state index is -0.697. The molecule has 25 heavy (non-hydrogen) atoms. The Balaban J connectivity index is 1.91. The Bertz CT molecular complexity index is 498. The van der Waals surface area contributed by atoms with Crippen LogP contribution in [0.25, 0.3) is 0 Å². The summed E-state index contributed by atoms with van der Waals surface area (Å²) in [5.74, 6) is -0.108. The number of nitrogens with zero attached hydrogens (tertiary/aromatic N) is 2. The molecule has 1 saturated carbocycles. The van der Waals surface area contributed by atoms with E-state index in [1.165, 1.54) is 4.90 Å². The molecule has 0 radical (unpaired) electrons. The molecule has 0 bridgehead atoms. The number of rotatable bonds is 8. The summed E-state index contributed by atoms with van der Waals surface area (Å²) in [5.41, 5.74) is -0.697. The Morgan fingerprint density at radius 1 is 1.20 bits per heavy atom. The summed E-state index contributed by atoms with van der Waals surface area (Å²) in [5, 5.41) is 2.90. The maximum Gasteiger partial charge on any atom is 0.325 e. The van der Waals surface area contributed by atoms with Gasteiger partial charge in [0, 0.05) is 25.6 Å². The maximum atomic E-state index is 12.7. The van der Waals surface area contributed by atoms with Gasteiger partial charge in [0.05, 0.1) is 0 Å². The van der Waals surface area contributed by atoms with Crippen molar-refractivity contribution in [3.8, 4) is 0 Å². The molecule has 4 amide bonds. The summed E-state index contributed by atoms with van der Waals surface area (Å²) < 4.78 is 0. The van der Waals surface area contributed by atoms with Gasteiger partial charge in [-0.25, -0.2) is 4.79 Å². The van der Waals surface area contributed by atoms with Crippen LogP contribution in [-0.4, -0.2) is 52.3 Å². The average molecular weight is 351 g/mol. The van der Waals surface area contributed by atoms with Crippen molar-refractivity contribution in [1.82, 2.24) is 15.1 Å². The summed E-state index contributed by atoms with van der Waals surface area (Å²) in [6.07, 6.45) is 7.91. The molecule has 142 valence electrons. The number of carbonyl (C=O) groups excluding carboxylic acids is 3. The fourth-order valence-electron chi connectivity index (χ4n) is 3.93. The summed E-state index contributed by atoms with van der Waals surface area (Å²) in [7, 11) is 0. The highest BCUT2D eigenvalue weighted by molar-refractivity contribution is 6.07. The van der Waals surface area contributed by atoms with Crippen molar-refractivity contribution in [1.29, 1.82) is 0 Å². The zero-order valence-corrected chi connectivity index (χ0v) is 16.0. The molecule has 6 nitrogen and oxygen atoms in total. The van der Waals surface area contributed by atoms with E-state index in [9.17, 15) is 14.4 Å². The summed E-state index contributed by atoms with van der Waals surface area (Å²) in [6.45, 7) is 7.08. The number of urea groups is 1. The predicted octanol–water partition coefficient (Wildman–Crippen LogP) is 3.06. The van der Waals surface area contributed by atoms with Gasteiger partial charge in [0.25, 0.3) is 5.91 Å². The van der Waals surface area contributed by atoms with E-state index in [4.69, 9.17) is 0 Å². The van der Waals surface area contributed by atoms with E-state index in [0.717, 1.165) is 57.9 Å². The van der Waals surface area contributed by atoms with E-state index in [1.807, 2.05) is 18.7 Å². The highest BCUT2D eigenvalue weighted by Gasteiger charge is 2.51. The monoisotopic (exact) mass is 351 g/mol. The van der Waals surface area contributed by atoms with E-state index in [2.05, 4.69) is 12.2 Å². The molecule has 1 aliphatic carbocycles. The third kappa shape index (κ3) is 4.53. The first-order valence-corrected chi connectivity index (χ1v) is 9.85. The van der Waals surface area contributed by atoms with Gasteiger partial charge in [-0.1, -0.05) is 39.0 Å². The van der Waals surface area contributed by atoms with Crippen LogP contribution in [0.2, 0.25) is 0 Å². The molecule has 2 fully saturated rings. The molecule has 0 unspecified atom stereocenters. The van der Waals surface area contributed by atoms with Crippen LogP contribution < -0.4 is 5.32 Å². The van der Waals surface area contributed by atoms with Crippen molar-refractivity contribution in [2.24, 2.45) is 0 Å². The van der Waals surface area contributed by atoms with Crippen LogP contribution in [0, 0.1) is 0 Å². The zero-order chi connectivity index (χ0) is 18.4. The molecular formula is C19H33N3O3. The maximum absolute atomic E-state index is 12.7. The van der Waals surface area contributed by atoms with Gasteiger partial charge >= 0.3 is 6.03 Å². The fourth-order valence-corrected chi connectivity index (χ4v) is 3.93. The van der Waals surface area contributed by atoms with Crippen LogP contribution in [0.1, 0.15) is 78.6 Å². The van der Waals surface area contributed by atoms with Crippen LogP contribution in [0.15, 0.2) is 0 Å². The first-order chi connectivity index (χ1) is 11.9. The molecule has 0 aromatic carbocycles. The minimum absolute atomic E-state index is 0.0243. The van der Waals surface area contributed by atoms with Crippen LogP contribution in [0.5, 0.6) is 0 Å². The first kappa shape index (κ1) is 19.7. The number of amides is 4. The number of unbranched alkanes of at least 4 members (excludes halogenated alkanes) is 2. The quantitative estimate of drug-likeness (QED) is 0.540. The lowest BCUT2D eigenvalue weighted by Crippen LogP contribution is -2.48. The Hall–Kier alpha value is -1.59. The van der Waals surface area contributed by atoms with Crippen LogP contribution in [-0.2, 0) is 9.59 Å². The van der Waals surface area contributed by atoms with Gasteiger partial charge in [0.2, 0.25) is 5.91 Å². The Kier molecular flexibility index (Phi) is 6.85. The number of hydrogen-bond donors (Lipinski definition) is 1. The first-order valence-electron chi connectivity index (χ1n) is 9.85. The van der Waals surface area contributed by atoms with Crippen molar-refractivity contribution < 1.29 is 14.4 Å². The molecule has 0 aromatic heterocycles. The lowest BCUT2D eigenvalue weighted by molar-refractivity contribution is -0.135. The van der Waals surface area contributed by atoms with E-state index in [1.54, 1.807) is 0 Å². The van der Waals surface area contributed by atoms with Gasteiger partial charge in [-0.3, -0.25) is 14.5 Å². The molecule has 2 aliphatic rings. The van der Waals surface area contributed by atoms with Gasteiger partial charge in [-0.2, -0.15) is 0 Å². The van der Waals surface area contributed by atoms with Crippen LogP contribution in [0.3, 0.4) is 0 Å². The third-order valence-electron chi connectivity index (χ3n) is 5.45. The van der Waals surface area contributed by atoms with E-state index in [-0.39, 0.29) is 36.9 Å². The minimum Gasteiger partial charge on any atom is -0.340 e. The number of nitrogens with one attached hydrogen (secondary N) is 1. The fraction of sp³-hybridized carbons (Fsp3) is 0.842. The van der Waals surface area contributed by atoms with E-state index < -0.39 is 5.54 Å². The Morgan fingerprint density at radius 2 is 1.88 bits per heavy atom. The molecule has 1 spiro atoms. The van der Waals surface area contributed by atoms with Crippen molar-refractivity contribution in [2.45, 2.75) is 90.1 Å². The largest absolute Gasteiger partial charge is 0.340 e. The van der Waals surface area contributed by atoms with Gasteiger partial charge < -0.3 is 10.2 Å². The topological polar surface area (TPSA) is 69.7 Å². The van der Waals surface area contributed by atoms with Gasteiger partial charge in [-0.15, -0.1) is 0 Å². The van der Waals surface area contributed by atoms with Crippen molar-refractivity contribution in [3.63, 3.8) is 0 Å². The standard InChI is InChI=1S/C19H33N3O3/c1-4-5-9-13-21(15(2)3)16(23)10-14-22-17(24)19(20-18(22)25)11-7-6-8-12-19/h15H,4-14H2,1-3H3,(H,20,25). The lowest BCUT2D eigenvalue weighted by atomic mass is 9.82. The molecule has 0 atom stereocenters. The van der Waals surface area contributed by atoms with Crippen LogP contribution >= 0.6 is 0 Å². The molecule has 1 N–H and O–H groups in total. The van der Waals surface area contributed by atoms with Crippen LogP contribution in [0.4, 0.5) is 4.79 Å². The molecule has 2 rings (SSSR count). The van der Waals surface area contributed by atoms with Crippen molar-refractivity contribution in [3.05, 3.63) is 0 Å². The van der Waals surface area contributed by atoms with Gasteiger partial charge in [0.15, 0.2) is 0 Å². The summed E-state index contributed by atoms with van der Waals surface area (Å²) in [4.78, 5) is 40.7. The second-order valence-corrected chi connectivity index (χ2v) is 7.67. The number of carbonyl (C=O) groups is 3. The number of imide groups is 1. The molecule has 1 aliphatic heterocycles. The molecule has 1 saturated heterocycles. The normalized spacial score (nSPS) is 19.6. The van der Waals surface area contributed by atoms with E-state index in [0.29, 0.717) is 0 Å². The van der Waals surface area contributed by atoms with E-state index >= 15 is 0 Å². The highest BCUT2D eigenvalue weighted by atomic mass is 16.2. The molecule has 0 aromatic rings. The molecular weight excluding hydrogens is 318 g/mol. The highest BCUT2D eigenvalue weighted by Crippen LogP contribution is 2.33. The van der Waals surface area contributed by atoms with Crippen molar-refractivity contribution in [2.75, 3.05) is 13.1 Å². The summed E-state index contributed by atoms with van der Waals surface area (Å²) in [6, 6.07) is -0.195. The third-order valence-corrected chi connectivity index (χ3v) is 5.45.